The van der Waals surface area contributed by atoms with E-state index in [1.54, 1.807) is 30.2 Å². The summed E-state index contributed by atoms with van der Waals surface area (Å²) < 4.78 is 13.2. The fraction of sp³-hybridized carbons (Fsp3) is 0.0769. The summed E-state index contributed by atoms with van der Waals surface area (Å²) >= 11 is 1.59. The zero-order chi connectivity index (χ0) is 12.1. The summed E-state index contributed by atoms with van der Waals surface area (Å²) in [4.78, 5) is 5.00. The molecule has 0 radical (unpaired) electrons. The molecule has 0 aliphatic rings. The molecule has 0 aliphatic heterocycles. The van der Waals surface area contributed by atoms with Crippen molar-refractivity contribution in [1.29, 1.82) is 5.26 Å². The van der Waals surface area contributed by atoms with Crippen LogP contribution in [0.1, 0.15) is 11.1 Å². The third kappa shape index (κ3) is 3.30. The summed E-state index contributed by atoms with van der Waals surface area (Å²) in [6, 6.07) is 10.1. The number of nitrogens with zero attached hydrogens (tertiary/aromatic N) is 2. The van der Waals surface area contributed by atoms with Gasteiger partial charge in [-0.1, -0.05) is 0 Å². The summed E-state index contributed by atoms with van der Waals surface area (Å²) in [6.45, 7) is 0. The van der Waals surface area contributed by atoms with Crippen molar-refractivity contribution in [2.24, 2.45) is 0 Å². The first-order valence-electron chi connectivity index (χ1n) is 5.00. The minimum absolute atomic E-state index is 0.357. The second-order valence-electron chi connectivity index (χ2n) is 3.43. The third-order valence-corrected chi connectivity index (χ3v) is 3.23. The predicted molar refractivity (Wildman–Crippen MR) is 64.9 cm³/mol. The van der Waals surface area contributed by atoms with E-state index in [2.05, 4.69) is 4.98 Å². The lowest BCUT2D eigenvalue weighted by molar-refractivity contribution is 0.626. The van der Waals surface area contributed by atoms with Crippen LogP contribution in [0, 0.1) is 17.1 Å². The number of hydrogen-bond acceptors (Lipinski definition) is 3. The van der Waals surface area contributed by atoms with E-state index in [-0.39, 0.29) is 5.82 Å². The zero-order valence-corrected chi connectivity index (χ0v) is 9.75. The fourth-order valence-corrected chi connectivity index (χ4v) is 2.21. The van der Waals surface area contributed by atoms with E-state index in [1.165, 1.54) is 12.1 Å². The smallest absolute Gasteiger partial charge is 0.124 e. The monoisotopic (exact) mass is 244 g/mol. The molecule has 2 aromatic rings. The highest BCUT2D eigenvalue weighted by Gasteiger charge is 2.01. The van der Waals surface area contributed by atoms with Crippen LogP contribution < -0.4 is 0 Å². The third-order valence-electron chi connectivity index (χ3n) is 2.14. The summed E-state index contributed by atoms with van der Waals surface area (Å²) in [5.74, 6) is 0.269. The Morgan fingerprint density at radius 3 is 2.71 bits per heavy atom. The van der Waals surface area contributed by atoms with Crippen LogP contribution >= 0.6 is 11.8 Å². The lowest BCUT2D eigenvalue weighted by Crippen LogP contribution is -1.86. The van der Waals surface area contributed by atoms with Gasteiger partial charge in [0.1, 0.15) is 5.82 Å². The average molecular weight is 244 g/mol. The Morgan fingerprint density at radius 2 is 2.00 bits per heavy atom. The van der Waals surface area contributed by atoms with Gasteiger partial charge in [-0.05, 0) is 35.9 Å². The van der Waals surface area contributed by atoms with Crippen molar-refractivity contribution in [3.8, 4) is 6.07 Å². The van der Waals surface area contributed by atoms with Crippen LogP contribution in [0.25, 0.3) is 0 Å². The number of benzene rings is 1. The van der Waals surface area contributed by atoms with Crippen molar-refractivity contribution in [2.75, 3.05) is 0 Å². The number of rotatable bonds is 3. The molecule has 0 aliphatic carbocycles. The zero-order valence-electron chi connectivity index (χ0n) is 8.93. The Kier molecular flexibility index (Phi) is 3.73. The minimum Gasteiger partial charge on any atom is -0.265 e. The lowest BCUT2D eigenvalue weighted by atomic mass is 10.1. The van der Waals surface area contributed by atoms with Gasteiger partial charge in [0.25, 0.3) is 0 Å². The molecule has 2 nitrogen and oxygen atoms in total. The van der Waals surface area contributed by atoms with Crippen molar-refractivity contribution in [3.05, 3.63) is 59.7 Å². The van der Waals surface area contributed by atoms with Crippen LogP contribution in [0.3, 0.4) is 0 Å². The SMILES string of the molecule is N#Cc1cc(F)cc(CSc2ccncc2)c1. The Morgan fingerprint density at radius 1 is 1.24 bits per heavy atom. The van der Waals surface area contributed by atoms with Crippen molar-refractivity contribution in [2.45, 2.75) is 10.6 Å². The van der Waals surface area contributed by atoms with Crippen molar-refractivity contribution >= 4 is 11.8 Å². The highest BCUT2D eigenvalue weighted by molar-refractivity contribution is 7.98. The van der Waals surface area contributed by atoms with Gasteiger partial charge in [0, 0.05) is 23.0 Å². The van der Waals surface area contributed by atoms with Crippen molar-refractivity contribution in [3.63, 3.8) is 0 Å². The molecule has 0 atom stereocenters. The molecule has 1 heterocycles. The second kappa shape index (κ2) is 5.46. The van der Waals surface area contributed by atoms with Crippen LogP contribution in [-0.4, -0.2) is 4.98 Å². The van der Waals surface area contributed by atoms with E-state index in [9.17, 15) is 4.39 Å². The Hall–Kier alpha value is -1.86. The maximum atomic E-state index is 13.2. The van der Waals surface area contributed by atoms with Crippen molar-refractivity contribution in [1.82, 2.24) is 4.98 Å². The van der Waals surface area contributed by atoms with Crippen LogP contribution in [0.5, 0.6) is 0 Å². The molecule has 0 unspecified atom stereocenters. The first kappa shape index (κ1) is 11.6. The summed E-state index contributed by atoms with van der Waals surface area (Å²) in [7, 11) is 0. The molecule has 1 aromatic carbocycles. The van der Waals surface area contributed by atoms with E-state index in [0.717, 1.165) is 10.5 Å². The summed E-state index contributed by atoms with van der Waals surface area (Å²) in [5.41, 5.74) is 1.17. The molecular weight excluding hydrogens is 235 g/mol. The van der Waals surface area contributed by atoms with E-state index < -0.39 is 0 Å². The molecule has 1 aromatic heterocycles. The predicted octanol–water partition coefficient (Wildman–Crippen LogP) is 3.38. The topological polar surface area (TPSA) is 36.7 Å². The Balaban J connectivity index is 2.10. The van der Waals surface area contributed by atoms with Crippen LogP contribution in [0.15, 0.2) is 47.6 Å². The summed E-state index contributed by atoms with van der Waals surface area (Å²) in [6.07, 6.45) is 3.43. The van der Waals surface area contributed by atoms with E-state index in [1.807, 2.05) is 18.2 Å². The molecule has 0 amide bonds. The number of hydrogen-bond donors (Lipinski definition) is 0. The fourth-order valence-electron chi connectivity index (χ4n) is 1.40. The van der Waals surface area contributed by atoms with E-state index in [0.29, 0.717) is 11.3 Å². The van der Waals surface area contributed by atoms with E-state index in [4.69, 9.17) is 5.26 Å². The quantitative estimate of drug-likeness (QED) is 0.776. The van der Waals surface area contributed by atoms with Crippen LogP contribution in [-0.2, 0) is 5.75 Å². The number of pyridine rings is 1. The molecule has 0 saturated carbocycles. The second-order valence-corrected chi connectivity index (χ2v) is 4.48. The van der Waals surface area contributed by atoms with Gasteiger partial charge in [0.15, 0.2) is 0 Å². The van der Waals surface area contributed by atoms with Gasteiger partial charge in [-0.2, -0.15) is 5.26 Å². The number of halogens is 1. The summed E-state index contributed by atoms with van der Waals surface area (Å²) in [5, 5.41) is 8.74. The number of thioether (sulfide) groups is 1. The molecule has 0 saturated heterocycles. The first-order valence-corrected chi connectivity index (χ1v) is 5.99. The number of nitriles is 1. The van der Waals surface area contributed by atoms with Crippen LogP contribution in [0.2, 0.25) is 0 Å². The number of aromatic nitrogens is 1. The molecule has 2 rings (SSSR count). The molecule has 0 spiro atoms. The first-order chi connectivity index (χ1) is 8.28. The lowest BCUT2D eigenvalue weighted by Gasteiger charge is -2.02. The van der Waals surface area contributed by atoms with Gasteiger partial charge < -0.3 is 0 Å². The Bertz CT molecular complexity index is 549. The highest BCUT2D eigenvalue weighted by Crippen LogP contribution is 2.22. The van der Waals surface area contributed by atoms with Gasteiger partial charge in [-0.15, -0.1) is 11.8 Å². The van der Waals surface area contributed by atoms with Gasteiger partial charge in [0.05, 0.1) is 11.6 Å². The molecule has 84 valence electrons. The molecule has 0 fully saturated rings. The highest BCUT2D eigenvalue weighted by atomic mass is 32.2. The normalized spacial score (nSPS) is 9.88. The van der Waals surface area contributed by atoms with Gasteiger partial charge >= 0.3 is 0 Å². The van der Waals surface area contributed by atoms with Crippen LogP contribution in [0.4, 0.5) is 4.39 Å². The maximum absolute atomic E-state index is 13.2. The average Bonchev–Trinajstić information content (AvgIpc) is 2.37. The van der Waals surface area contributed by atoms with Gasteiger partial charge in [-0.3, -0.25) is 4.98 Å². The molecule has 17 heavy (non-hydrogen) atoms. The maximum Gasteiger partial charge on any atom is 0.124 e. The molecule has 4 heteroatoms. The van der Waals surface area contributed by atoms with E-state index >= 15 is 0 Å². The standard InChI is InChI=1S/C13H9FN2S/c14-12-6-10(8-15)5-11(7-12)9-17-13-1-3-16-4-2-13/h1-7H,9H2. The van der Waals surface area contributed by atoms with Crippen molar-refractivity contribution < 1.29 is 4.39 Å². The molecular formula is C13H9FN2S. The molecule has 0 N–H and O–H groups in total. The minimum atomic E-state index is -0.366. The van der Waals surface area contributed by atoms with Gasteiger partial charge in [-0.25, -0.2) is 4.39 Å². The largest absolute Gasteiger partial charge is 0.265 e. The van der Waals surface area contributed by atoms with Gasteiger partial charge in [0.2, 0.25) is 0 Å². The Labute approximate surface area is 103 Å². The molecule has 0 bridgehead atoms.